The van der Waals surface area contributed by atoms with Gasteiger partial charge in [0.2, 0.25) is 0 Å². The first-order valence-corrected chi connectivity index (χ1v) is 5.52. The molecular formula is C10H15NO2S. The highest BCUT2D eigenvalue weighted by molar-refractivity contribution is 7.99. The molecule has 0 radical (unpaired) electrons. The molecule has 1 aromatic carbocycles. The third kappa shape index (κ3) is 3.12. The number of aliphatic hydroxyl groups excluding tert-OH is 1. The van der Waals surface area contributed by atoms with Gasteiger partial charge in [-0.15, -0.1) is 11.8 Å². The van der Waals surface area contributed by atoms with Gasteiger partial charge in [-0.1, -0.05) is 0 Å². The van der Waals surface area contributed by atoms with Crippen LogP contribution in [0.4, 0.5) is 5.69 Å². The Balaban J connectivity index is 2.72. The number of rotatable bonds is 5. The average molecular weight is 213 g/mol. The van der Waals surface area contributed by atoms with Crippen LogP contribution >= 0.6 is 11.8 Å². The van der Waals surface area contributed by atoms with Crippen LogP contribution in [0, 0.1) is 0 Å². The standard InChI is InChI=1S/C10H15NO2S/c1-2-13-10-7-8(14-6-5-12)3-4-9(10)11/h3-4,7,12H,2,5-6,11H2,1H3. The van der Waals surface area contributed by atoms with Gasteiger partial charge >= 0.3 is 0 Å². The second kappa shape index (κ2) is 5.78. The van der Waals surface area contributed by atoms with Gasteiger partial charge in [-0.3, -0.25) is 0 Å². The summed E-state index contributed by atoms with van der Waals surface area (Å²) in [5, 5.41) is 8.68. The van der Waals surface area contributed by atoms with Gasteiger partial charge in [0.05, 0.1) is 18.9 Å². The first-order chi connectivity index (χ1) is 6.77. The highest BCUT2D eigenvalue weighted by Crippen LogP contribution is 2.28. The van der Waals surface area contributed by atoms with Crippen LogP contribution in [-0.4, -0.2) is 24.1 Å². The van der Waals surface area contributed by atoms with Gasteiger partial charge < -0.3 is 15.6 Å². The summed E-state index contributed by atoms with van der Waals surface area (Å²) in [6, 6.07) is 5.65. The van der Waals surface area contributed by atoms with Gasteiger partial charge in [0, 0.05) is 10.6 Å². The Morgan fingerprint density at radius 1 is 1.50 bits per heavy atom. The number of hydrogen-bond acceptors (Lipinski definition) is 4. The number of ether oxygens (including phenoxy) is 1. The molecule has 0 aliphatic heterocycles. The predicted octanol–water partition coefficient (Wildman–Crippen LogP) is 1.75. The normalized spacial score (nSPS) is 10.1. The molecular weight excluding hydrogens is 198 g/mol. The summed E-state index contributed by atoms with van der Waals surface area (Å²) >= 11 is 1.58. The van der Waals surface area contributed by atoms with Gasteiger partial charge in [-0.2, -0.15) is 0 Å². The third-order valence-corrected chi connectivity index (χ3v) is 2.62. The lowest BCUT2D eigenvalue weighted by Crippen LogP contribution is -1.97. The van der Waals surface area contributed by atoms with Crippen molar-refractivity contribution in [1.29, 1.82) is 0 Å². The van der Waals surface area contributed by atoms with Crippen LogP contribution in [0.1, 0.15) is 6.92 Å². The van der Waals surface area contributed by atoms with E-state index in [-0.39, 0.29) is 6.61 Å². The third-order valence-electron chi connectivity index (χ3n) is 1.64. The fraction of sp³-hybridized carbons (Fsp3) is 0.400. The number of anilines is 1. The first kappa shape index (κ1) is 11.2. The SMILES string of the molecule is CCOc1cc(SCCO)ccc1N. The Kier molecular flexibility index (Phi) is 4.62. The molecule has 14 heavy (non-hydrogen) atoms. The van der Waals surface area contributed by atoms with Crippen molar-refractivity contribution < 1.29 is 9.84 Å². The molecule has 78 valence electrons. The van der Waals surface area contributed by atoms with Crippen molar-refractivity contribution >= 4 is 17.4 Å². The van der Waals surface area contributed by atoms with Crippen molar-refractivity contribution in [2.45, 2.75) is 11.8 Å². The molecule has 3 nitrogen and oxygen atoms in total. The van der Waals surface area contributed by atoms with Crippen molar-refractivity contribution in [3.63, 3.8) is 0 Å². The molecule has 0 heterocycles. The van der Waals surface area contributed by atoms with Crippen molar-refractivity contribution in [2.24, 2.45) is 0 Å². The van der Waals surface area contributed by atoms with Crippen LogP contribution < -0.4 is 10.5 Å². The van der Waals surface area contributed by atoms with Crippen molar-refractivity contribution in [3.8, 4) is 5.75 Å². The number of benzene rings is 1. The topological polar surface area (TPSA) is 55.5 Å². The van der Waals surface area contributed by atoms with E-state index in [0.717, 1.165) is 10.6 Å². The minimum absolute atomic E-state index is 0.180. The molecule has 0 amide bonds. The van der Waals surface area contributed by atoms with E-state index in [1.54, 1.807) is 11.8 Å². The molecule has 0 saturated heterocycles. The van der Waals surface area contributed by atoms with Crippen LogP contribution in [0.2, 0.25) is 0 Å². The van der Waals surface area contributed by atoms with E-state index in [9.17, 15) is 0 Å². The van der Waals surface area contributed by atoms with Crippen LogP contribution in [0.25, 0.3) is 0 Å². The molecule has 0 unspecified atom stereocenters. The summed E-state index contributed by atoms with van der Waals surface area (Å²) in [4.78, 5) is 1.07. The fourth-order valence-electron chi connectivity index (χ4n) is 1.05. The Bertz CT molecular complexity index is 291. The molecule has 0 aromatic heterocycles. The second-order valence-electron chi connectivity index (χ2n) is 2.70. The zero-order valence-corrected chi connectivity index (χ0v) is 9.01. The van der Waals surface area contributed by atoms with Crippen molar-refractivity contribution in [2.75, 3.05) is 24.7 Å². The van der Waals surface area contributed by atoms with E-state index in [1.807, 2.05) is 25.1 Å². The molecule has 4 heteroatoms. The highest BCUT2D eigenvalue weighted by Gasteiger charge is 2.01. The summed E-state index contributed by atoms with van der Waals surface area (Å²) < 4.78 is 5.36. The monoisotopic (exact) mass is 213 g/mol. The summed E-state index contributed by atoms with van der Waals surface area (Å²) in [6.07, 6.45) is 0. The minimum atomic E-state index is 0.180. The number of thioether (sulfide) groups is 1. The summed E-state index contributed by atoms with van der Waals surface area (Å²) in [5.41, 5.74) is 6.37. The Morgan fingerprint density at radius 3 is 2.93 bits per heavy atom. The van der Waals surface area contributed by atoms with Gasteiger partial charge in [0.15, 0.2) is 0 Å². The molecule has 0 aliphatic rings. The van der Waals surface area contributed by atoms with E-state index < -0.39 is 0 Å². The highest BCUT2D eigenvalue weighted by atomic mass is 32.2. The van der Waals surface area contributed by atoms with Crippen LogP contribution in [0.3, 0.4) is 0 Å². The summed E-state index contributed by atoms with van der Waals surface area (Å²) in [7, 11) is 0. The lowest BCUT2D eigenvalue weighted by Gasteiger charge is -2.08. The molecule has 0 atom stereocenters. The number of nitrogens with two attached hydrogens (primary N) is 1. The number of nitrogen functional groups attached to an aromatic ring is 1. The van der Waals surface area contributed by atoms with E-state index in [2.05, 4.69) is 0 Å². The van der Waals surface area contributed by atoms with Crippen LogP contribution in [0.5, 0.6) is 5.75 Å². The molecule has 0 saturated carbocycles. The molecule has 0 spiro atoms. The number of aliphatic hydroxyl groups is 1. The minimum Gasteiger partial charge on any atom is -0.492 e. The Labute approximate surface area is 88.3 Å². The van der Waals surface area contributed by atoms with Gasteiger partial charge in [0.25, 0.3) is 0 Å². The molecule has 0 bridgehead atoms. The van der Waals surface area contributed by atoms with E-state index in [0.29, 0.717) is 18.0 Å². The van der Waals surface area contributed by atoms with E-state index in [4.69, 9.17) is 15.6 Å². The first-order valence-electron chi connectivity index (χ1n) is 4.54. The van der Waals surface area contributed by atoms with E-state index >= 15 is 0 Å². The van der Waals surface area contributed by atoms with Gasteiger partial charge in [-0.05, 0) is 25.1 Å². The van der Waals surface area contributed by atoms with Gasteiger partial charge in [0.1, 0.15) is 5.75 Å². The summed E-state index contributed by atoms with van der Waals surface area (Å²) in [6.45, 7) is 2.71. The smallest absolute Gasteiger partial charge is 0.143 e. The maximum atomic E-state index is 8.68. The molecule has 3 N–H and O–H groups in total. The maximum absolute atomic E-state index is 8.68. The average Bonchev–Trinajstić information content (AvgIpc) is 2.19. The molecule has 1 rings (SSSR count). The molecule has 0 fully saturated rings. The fourth-order valence-corrected chi connectivity index (χ4v) is 1.73. The second-order valence-corrected chi connectivity index (χ2v) is 3.87. The zero-order chi connectivity index (χ0) is 10.4. The lowest BCUT2D eigenvalue weighted by atomic mass is 10.3. The van der Waals surface area contributed by atoms with Crippen molar-refractivity contribution in [3.05, 3.63) is 18.2 Å². The van der Waals surface area contributed by atoms with Crippen LogP contribution in [0.15, 0.2) is 23.1 Å². The quantitative estimate of drug-likeness (QED) is 0.578. The maximum Gasteiger partial charge on any atom is 0.143 e. The van der Waals surface area contributed by atoms with E-state index in [1.165, 1.54) is 0 Å². The molecule has 0 aliphatic carbocycles. The predicted molar refractivity (Wildman–Crippen MR) is 59.8 cm³/mol. The summed E-state index contributed by atoms with van der Waals surface area (Å²) in [5.74, 6) is 1.41. The lowest BCUT2D eigenvalue weighted by molar-refractivity contribution is 0.322. The molecule has 1 aromatic rings. The Morgan fingerprint density at radius 2 is 2.29 bits per heavy atom. The largest absolute Gasteiger partial charge is 0.492 e. The van der Waals surface area contributed by atoms with Gasteiger partial charge in [-0.25, -0.2) is 0 Å². The van der Waals surface area contributed by atoms with Crippen molar-refractivity contribution in [1.82, 2.24) is 0 Å². The number of hydrogen-bond donors (Lipinski definition) is 2. The zero-order valence-electron chi connectivity index (χ0n) is 8.19. The van der Waals surface area contributed by atoms with Crippen LogP contribution in [-0.2, 0) is 0 Å². The Hall–Kier alpha value is -0.870.